The highest BCUT2D eigenvalue weighted by Crippen LogP contribution is 2.44. The minimum Gasteiger partial charge on any atom is -0.317 e. The number of dihydropyridines is 1. The summed E-state index contributed by atoms with van der Waals surface area (Å²) in [6, 6.07) is 51.9. The highest BCUT2D eigenvalue weighted by molar-refractivity contribution is 6.16. The van der Waals surface area contributed by atoms with Gasteiger partial charge in [0.05, 0.1) is 27.8 Å². The number of aliphatic imine (C=N–C) groups is 1. The number of aromatic nitrogens is 2. The summed E-state index contributed by atoms with van der Waals surface area (Å²) in [4.78, 5) is 5.55. The molecule has 1 atom stereocenters. The molecule has 8 aromatic rings. The van der Waals surface area contributed by atoms with Crippen molar-refractivity contribution in [3.8, 4) is 16.8 Å². The molecule has 6 aromatic carbocycles. The van der Waals surface area contributed by atoms with Gasteiger partial charge in [-0.3, -0.25) is 4.99 Å². The molecule has 260 valence electrons. The molecule has 3 aliphatic rings. The van der Waals surface area contributed by atoms with Gasteiger partial charge in [-0.2, -0.15) is 0 Å². The number of hydrogen-bond donors (Lipinski definition) is 0. The molecule has 3 heterocycles. The number of hydrogen-bond acceptors (Lipinski definition) is 1. The molecule has 0 saturated heterocycles. The van der Waals surface area contributed by atoms with Gasteiger partial charge in [0.15, 0.2) is 0 Å². The van der Waals surface area contributed by atoms with Crippen LogP contribution in [0.2, 0.25) is 0 Å². The number of nitrogens with zero attached hydrogens (tertiary/aromatic N) is 3. The van der Waals surface area contributed by atoms with E-state index < -0.39 is 0 Å². The molecular weight excluding hydrogens is 655 g/mol. The molecule has 3 nitrogen and oxygen atoms in total. The van der Waals surface area contributed by atoms with E-state index in [0.717, 1.165) is 31.4 Å². The summed E-state index contributed by atoms with van der Waals surface area (Å²) in [7, 11) is 0. The zero-order chi connectivity index (χ0) is 35.6. The third kappa shape index (κ3) is 5.06. The van der Waals surface area contributed by atoms with Crippen molar-refractivity contribution >= 4 is 60.5 Å². The zero-order valence-electron chi connectivity index (χ0n) is 30.4. The fraction of sp³-hybridized carbons (Fsp3) is 0.157. The van der Waals surface area contributed by atoms with Gasteiger partial charge in [-0.05, 0) is 132 Å². The molecule has 0 saturated carbocycles. The van der Waals surface area contributed by atoms with Crippen LogP contribution in [0.4, 0.5) is 0 Å². The van der Waals surface area contributed by atoms with E-state index in [1.807, 2.05) is 0 Å². The average molecular weight is 696 g/mol. The van der Waals surface area contributed by atoms with Gasteiger partial charge in [0, 0.05) is 33.7 Å². The SMILES string of the molecule is C1=CC2=NC(n3c4ccc(-c5ccc6c(c5)c5ccccc5n6-c5ccccc5)cc4c4ccc(C5=CCCCC5)cc43)CC(c3ccccc3)=C2CC1. The second-order valence-electron chi connectivity index (χ2n) is 15.2. The van der Waals surface area contributed by atoms with Gasteiger partial charge in [0.1, 0.15) is 6.17 Å². The summed E-state index contributed by atoms with van der Waals surface area (Å²) in [5.41, 5.74) is 16.8. The molecule has 2 aromatic heterocycles. The van der Waals surface area contributed by atoms with Crippen LogP contribution >= 0.6 is 0 Å². The molecule has 0 bridgehead atoms. The Morgan fingerprint density at radius 2 is 1.20 bits per heavy atom. The van der Waals surface area contributed by atoms with E-state index in [1.54, 1.807) is 0 Å². The van der Waals surface area contributed by atoms with Gasteiger partial charge < -0.3 is 9.13 Å². The molecular formula is C51H41N3. The maximum Gasteiger partial charge on any atom is 0.130 e. The van der Waals surface area contributed by atoms with E-state index in [9.17, 15) is 0 Å². The summed E-state index contributed by atoms with van der Waals surface area (Å²) in [5, 5.41) is 5.13. The molecule has 0 N–H and O–H groups in total. The standard InChI is InChI=1S/C51H41N3/c1-4-14-34(15-5-1)38-24-27-42-45-31-37(36-25-28-48-44(30-36)41-21-11-13-23-47(41)53(48)39-18-8-3-9-19-39)26-29-49(45)54(50(42)32-38)51-33-43(35-16-6-2-7-17-35)40-20-10-12-22-46(40)52-51/h2-3,6-9,11-14,16-19,21-32,51H,1,4-5,10,15,20,33H2. The monoisotopic (exact) mass is 695 g/mol. The summed E-state index contributed by atoms with van der Waals surface area (Å²) in [6.45, 7) is 0. The Morgan fingerprint density at radius 3 is 2.02 bits per heavy atom. The zero-order valence-corrected chi connectivity index (χ0v) is 30.4. The molecule has 0 spiro atoms. The topological polar surface area (TPSA) is 22.2 Å². The normalized spacial score (nSPS) is 17.4. The number of rotatable bonds is 5. The molecule has 54 heavy (non-hydrogen) atoms. The molecule has 1 aliphatic heterocycles. The second-order valence-corrected chi connectivity index (χ2v) is 15.2. The van der Waals surface area contributed by atoms with Gasteiger partial charge in [-0.15, -0.1) is 0 Å². The van der Waals surface area contributed by atoms with Crippen molar-refractivity contribution in [2.75, 3.05) is 0 Å². The van der Waals surface area contributed by atoms with Crippen LogP contribution in [0.25, 0.3) is 71.6 Å². The van der Waals surface area contributed by atoms with E-state index in [0.29, 0.717) is 0 Å². The first-order valence-corrected chi connectivity index (χ1v) is 19.7. The van der Waals surface area contributed by atoms with Crippen LogP contribution in [-0.2, 0) is 0 Å². The molecule has 2 aliphatic carbocycles. The summed E-state index contributed by atoms with van der Waals surface area (Å²) < 4.78 is 4.95. The lowest BCUT2D eigenvalue weighted by Crippen LogP contribution is -2.19. The Kier molecular flexibility index (Phi) is 7.40. The van der Waals surface area contributed by atoms with E-state index in [2.05, 4.69) is 167 Å². The first-order valence-electron chi connectivity index (χ1n) is 19.7. The van der Waals surface area contributed by atoms with Crippen molar-refractivity contribution in [1.82, 2.24) is 9.13 Å². The highest BCUT2D eigenvalue weighted by atomic mass is 15.1. The smallest absolute Gasteiger partial charge is 0.130 e. The molecule has 0 radical (unpaired) electrons. The molecule has 3 heteroatoms. The number of fused-ring (bicyclic) bond motifs is 7. The van der Waals surface area contributed by atoms with E-state index in [4.69, 9.17) is 4.99 Å². The first kappa shape index (κ1) is 31.3. The van der Waals surface area contributed by atoms with Crippen molar-refractivity contribution in [1.29, 1.82) is 0 Å². The third-order valence-corrected chi connectivity index (χ3v) is 12.1. The van der Waals surface area contributed by atoms with Crippen molar-refractivity contribution < 1.29 is 0 Å². The molecule has 1 unspecified atom stereocenters. The predicted octanol–water partition coefficient (Wildman–Crippen LogP) is 13.7. The van der Waals surface area contributed by atoms with E-state index >= 15 is 0 Å². The minimum absolute atomic E-state index is 0.0383. The maximum atomic E-state index is 5.55. The van der Waals surface area contributed by atoms with Gasteiger partial charge >= 0.3 is 0 Å². The number of benzene rings is 6. The van der Waals surface area contributed by atoms with Crippen molar-refractivity contribution in [3.63, 3.8) is 0 Å². The van der Waals surface area contributed by atoms with Crippen LogP contribution in [-0.4, -0.2) is 14.8 Å². The third-order valence-electron chi connectivity index (χ3n) is 12.1. The Hall–Kier alpha value is -6.19. The fourth-order valence-corrected chi connectivity index (χ4v) is 9.53. The second kappa shape index (κ2) is 12.7. The lowest BCUT2D eigenvalue weighted by atomic mass is 9.85. The van der Waals surface area contributed by atoms with Crippen molar-refractivity contribution in [3.05, 3.63) is 174 Å². The van der Waals surface area contributed by atoms with Crippen molar-refractivity contribution in [2.45, 2.75) is 51.1 Å². The largest absolute Gasteiger partial charge is 0.317 e. The fourth-order valence-electron chi connectivity index (χ4n) is 9.53. The van der Waals surface area contributed by atoms with Crippen LogP contribution in [0.1, 0.15) is 62.2 Å². The van der Waals surface area contributed by atoms with Crippen LogP contribution in [0.5, 0.6) is 0 Å². The van der Waals surface area contributed by atoms with E-state index in [-0.39, 0.29) is 6.17 Å². The molecule has 0 fully saturated rings. The van der Waals surface area contributed by atoms with Gasteiger partial charge in [-0.1, -0.05) is 103 Å². The lowest BCUT2D eigenvalue weighted by molar-refractivity contribution is 0.564. The Labute approximate surface area is 315 Å². The van der Waals surface area contributed by atoms with E-state index in [1.165, 1.54) is 108 Å². The van der Waals surface area contributed by atoms with Crippen LogP contribution in [0.15, 0.2) is 168 Å². The van der Waals surface area contributed by atoms with Crippen LogP contribution < -0.4 is 0 Å². The number of para-hydroxylation sites is 2. The lowest BCUT2D eigenvalue weighted by Gasteiger charge is -2.29. The Morgan fingerprint density at radius 1 is 0.500 bits per heavy atom. The van der Waals surface area contributed by atoms with Gasteiger partial charge in [0.2, 0.25) is 0 Å². The van der Waals surface area contributed by atoms with Crippen LogP contribution in [0, 0.1) is 0 Å². The van der Waals surface area contributed by atoms with Crippen molar-refractivity contribution in [2.24, 2.45) is 4.99 Å². The minimum atomic E-state index is -0.0383. The quantitative estimate of drug-likeness (QED) is 0.171. The Bertz CT molecular complexity index is 2890. The first-order chi connectivity index (χ1) is 26.8. The number of allylic oxidation sites excluding steroid dienone is 5. The highest BCUT2D eigenvalue weighted by Gasteiger charge is 2.28. The van der Waals surface area contributed by atoms with Crippen LogP contribution in [0.3, 0.4) is 0 Å². The van der Waals surface area contributed by atoms with Gasteiger partial charge in [-0.25, -0.2) is 0 Å². The summed E-state index contributed by atoms with van der Waals surface area (Å²) in [5.74, 6) is 0. The molecule has 11 rings (SSSR count). The summed E-state index contributed by atoms with van der Waals surface area (Å²) >= 11 is 0. The van der Waals surface area contributed by atoms with Gasteiger partial charge in [0.25, 0.3) is 0 Å². The Balaban J connectivity index is 1.10. The predicted molar refractivity (Wildman–Crippen MR) is 228 cm³/mol. The average Bonchev–Trinajstić information content (AvgIpc) is 3.76. The maximum absolute atomic E-state index is 5.55. The summed E-state index contributed by atoms with van der Waals surface area (Å²) in [6.07, 6.45) is 14.9. The molecule has 0 amide bonds.